The zero-order valence-electron chi connectivity index (χ0n) is 8.14. The molecule has 0 N–H and O–H groups in total. The molecule has 1 radical (unpaired) electrons. The molecule has 1 aromatic carbocycles. The number of rotatable bonds is 0. The Kier molecular flexibility index (Phi) is 5.45. The minimum atomic E-state index is -0.826. The van der Waals surface area contributed by atoms with Crippen molar-refractivity contribution in [3.05, 3.63) is 46.9 Å². The van der Waals surface area contributed by atoms with Gasteiger partial charge in [-0.2, -0.15) is 0 Å². The number of hydrogen-bond donors (Lipinski definition) is 0. The number of fused-ring (bicyclic) bond motifs is 1. The van der Waals surface area contributed by atoms with Gasteiger partial charge in [0.05, 0.1) is 0 Å². The third-order valence-corrected chi connectivity index (χ3v) is 2.10. The van der Waals surface area contributed by atoms with Gasteiger partial charge in [-0.3, -0.25) is 0 Å². The second kappa shape index (κ2) is 6.10. The fraction of sp³-hybridized carbons (Fsp3) is 0.182. The van der Waals surface area contributed by atoms with Crippen molar-refractivity contribution in [3.63, 3.8) is 0 Å². The van der Waals surface area contributed by atoms with Gasteiger partial charge in [-0.1, -0.05) is 29.8 Å². The van der Waals surface area contributed by atoms with Gasteiger partial charge in [0, 0.05) is 6.42 Å². The first-order valence-electron chi connectivity index (χ1n) is 4.28. The van der Waals surface area contributed by atoms with Gasteiger partial charge in [-0.05, 0) is 30.5 Å². The Morgan fingerprint density at radius 2 is 1.79 bits per heavy atom. The summed E-state index contributed by atoms with van der Waals surface area (Å²) in [6.45, 7) is 4.30. The van der Waals surface area contributed by atoms with E-state index >= 15 is 0 Å². The van der Waals surface area contributed by atoms with Crippen molar-refractivity contribution in [3.8, 4) is 0 Å². The molecule has 0 aliphatic heterocycles. The summed E-state index contributed by atoms with van der Waals surface area (Å²) >= 11 is -0.826. The average molecular weight is 305 g/mol. The molecular weight excluding hydrogens is 294 g/mol. The van der Waals surface area contributed by atoms with E-state index in [1.165, 1.54) is 22.3 Å². The van der Waals surface area contributed by atoms with Crippen LogP contribution in [0.15, 0.2) is 18.2 Å². The van der Waals surface area contributed by atoms with E-state index in [9.17, 15) is 0 Å². The van der Waals surface area contributed by atoms with Gasteiger partial charge in [0.2, 0.25) is 0 Å². The van der Waals surface area contributed by atoms with Crippen LogP contribution in [-0.2, 0) is 20.8 Å². The van der Waals surface area contributed by atoms with Crippen molar-refractivity contribution in [2.24, 2.45) is 0 Å². The quantitative estimate of drug-likeness (QED) is 0.672. The molecule has 0 saturated carbocycles. The summed E-state index contributed by atoms with van der Waals surface area (Å²) in [6.07, 6.45) is 6.44. The van der Waals surface area contributed by atoms with Gasteiger partial charge in [-0.25, -0.2) is 0 Å². The monoisotopic (exact) mass is 303 g/mol. The van der Waals surface area contributed by atoms with Crippen LogP contribution in [0.25, 0.3) is 6.08 Å². The van der Waals surface area contributed by atoms with E-state index in [4.69, 9.17) is 17.0 Å². The van der Waals surface area contributed by atoms with Crippen molar-refractivity contribution >= 4 is 23.1 Å². The van der Waals surface area contributed by atoms with E-state index in [-0.39, 0.29) is 0 Å². The Labute approximate surface area is 104 Å². The zero-order chi connectivity index (χ0) is 10.6. The Bertz CT molecular complexity index is 345. The molecule has 0 saturated heterocycles. The molecule has 14 heavy (non-hydrogen) atoms. The Hall–Kier alpha value is 0.423. The van der Waals surface area contributed by atoms with Gasteiger partial charge >= 0.3 is 37.9 Å². The topological polar surface area (TPSA) is 0 Å². The summed E-state index contributed by atoms with van der Waals surface area (Å²) in [5.41, 5.74) is 5.48. The first-order chi connectivity index (χ1) is 6.69. The Balaban J connectivity index is 0.000000293. The molecule has 0 spiro atoms. The number of aryl methyl sites for hydroxylation is 2. The van der Waals surface area contributed by atoms with E-state index in [1.807, 2.05) is 0 Å². The van der Waals surface area contributed by atoms with E-state index in [1.54, 1.807) is 0 Å². The average Bonchev–Trinajstić information content (AvgIpc) is 2.53. The van der Waals surface area contributed by atoms with Crippen molar-refractivity contribution in [1.29, 1.82) is 0 Å². The predicted molar refractivity (Wildman–Crippen MR) is 60.1 cm³/mol. The predicted octanol–water partition coefficient (Wildman–Crippen LogP) is 4.26. The molecule has 0 unspecified atom stereocenters. The maximum atomic E-state index is 4.93. The third kappa shape index (κ3) is 3.22. The Morgan fingerprint density at radius 3 is 2.43 bits per heavy atom. The van der Waals surface area contributed by atoms with Gasteiger partial charge in [0.15, 0.2) is 0 Å². The molecule has 3 heteroatoms. The van der Waals surface area contributed by atoms with Crippen molar-refractivity contribution < 1.29 is 20.8 Å². The molecule has 1 aromatic rings. The standard InChI is InChI=1S/C11H11.2ClH.Zr/c1-8-6-9(2)11-5-3-4-10(11)7-8;;;/h3-7H,1-2H3;2*1H;/q;;;+2/p-2. The van der Waals surface area contributed by atoms with Crippen molar-refractivity contribution in [2.45, 2.75) is 13.8 Å². The molecule has 1 aliphatic carbocycles. The number of halogens is 2. The molecule has 0 aromatic heterocycles. The molecule has 2 rings (SSSR count). The molecule has 0 nitrogen and oxygen atoms in total. The van der Waals surface area contributed by atoms with Crippen LogP contribution in [-0.4, -0.2) is 0 Å². The third-order valence-electron chi connectivity index (χ3n) is 2.10. The second-order valence-electron chi connectivity index (χ2n) is 3.18. The van der Waals surface area contributed by atoms with Crippen LogP contribution in [0.4, 0.5) is 0 Å². The molecule has 0 fully saturated rings. The summed E-state index contributed by atoms with van der Waals surface area (Å²) in [5.74, 6) is 0. The van der Waals surface area contributed by atoms with Gasteiger partial charge in [0.25, 0.3) is 0 Å². The van der Waals surface area contributed by atoms with E-state index in [2.05, 4.69) is 44.6 Å². The first kappa shape index (κ1) is 12.5. The van der Waals surface area contributed by atoms with Crippen LogP contribution in [0.3, 0.4) is 0 Å². The van der Waals surface area contributed by atoms with Crippen LogP contribution in [0.1, 0.15) is 22.3 Å². The summed E-state index contributed by atoms with van der Waals surface area (Å²) in [7, 11) is 9.87. The van der Waals surface area contributed by atoms with E-state index in [0.29, 0.717) is 0 Å². The van der Waals surface area contributed by atoms with Crippen LogP contribution in [0, 0.1) is 20.3 Å². The van der Waals surface area contributed by atoms with Crippen molar-refractivity contribution in [1.82, 2.24) is 0 Å². The van der Waals surface area contributed by atoms with Gasteiger partial charge < -0.3 is 0 Å². The number of allylic oxidation sites excluding steroid dienone is 1. The number of hydrogen-bond acceptors (Lipinski definition) is 0. The van der Waals surface area contributed by atoms with E-state index in [0.717, 1.165) is 0 Å². The molecule has 0 atom stereocenters. The van der Waals surface area contributed by atoms with Crippen LogP contribution in [0.2, 0.25) is 0 Å². The van der Waals surface area contributed by atoms with Crippen LogP contribution >= 0.6 is 17.0 Å². The summed E-state index contributed by atoms with van der Waals surface area (Å²) in [4.78, 5) is 0. The van der Waals surface area contributed by atoms with Gasteiger partial charge in [-0.15, -0.1) is 0 Å². The van der Waals surface area contributed by atoms with E-state index < -0.39 is 20.8 Å². The van der Waals surface area contributed by atoms with Crippen LogP contribution in [0.5, 0.6) is 0 Å². The second-order valence-corrected chi connectivity index (χ2v) is 6.91. The van der Waals surface area contributed by atoms with Gasteiger partial charge in [0.1, 0.15) is 0 Å². The summed E-state index contributed by atoms with van der Waals surface area (Å²) in [6, 6.07) is 4.45. The van der Waals surface area contributed by atoms with Crippen LogP contribution < -0.4 is 0 Å². The first-order valence-corrected chi connectivity index (χ1v) is 10.6. The molecule has 0 amide bonds. The molecule has 1 aliphatic rings. The molecule has 0 heterocycles. The minimum absolute atomic E-state index is 0.826. The SMILES string of the molecule is Cc1cc(C)c2c(c1)[CH]C=C2.[Cl][Zr][Cl]. The Morgan fingerprint density at radius 1 is 1.14 bits per heavy atom. The number of benzene rings is 1. The molecular formula is C11H11Cl2Zr. The molecule has 73 valence electrons. The zero-order valence-corrected chi connectivity index (χ0v) is 12.1. The summed E-state index contributed by atoms with van der Waals surface area (Å²) in [5, 5.41) is 0. The fourth-order valence-corrected chi connectivity index (χ4v) is 1.63. The van der Waals surface area contributed by atoms with Crippen molar-refractivity contribution in [2.75, 3.05) is 0 Å². The summed E-state index contributed by atoms with van der Waals surface area (Å²) < 4.78 is 0. The molecule has 0 bridgehead atoms. The fourth-order valence-electron chi connectivity index (χ4n) is 1.63. The normalized spacial score (nSPS) is 11.7. The maximum absolute atomic E-state index is 4.93.